The number of hydrogen-bond acceptors (Lipinski definition) is 5. The first-order valence-electron chi connectivity index (χ1n) is 11.7. The zero-order chi connectivity index (χ0) is 27.3. The number of hydrogen-bond donors (Lipinski definition) is 1. The van der Waals surface area contributed by atoms with E-state index in [4.69, 9.17) is 16.3 Å². The van der Waals surface area contributed by atoms with E-state index in [0.29, 0.717) is 22.2 Å². The lowest BCUT2D eigenvalue weighted by molar-refractivity contribution is -0.119. The number of aryl methyl sites for hydroxylation is 1. The standard InChI is InChI=1S/C28H27ClN4O4S/c1-20-16-22(21(2)33(20)25-9-7-8-23(29)17-25)18-30-31-28(34)19-32(38(3,35)36)24-12-14-27(15-13-24)37-26-10-5-4-6-11-26/h4-18H,19H2,1-3H3,(H,31,34)/b30-18-. The van der Waals surface area contributed by atoms with Gasteiger partial charge in [0.2, 0.25) is 10.0 Å². The van der Waals surface area contributed by atoms with Crippen molar-refractivity contribution >= 4 is 39.4 Å². The monoisotopic (exact) mass is 550 g/mol. The Kier molecular flexibility index (Phi) is 8.19. The molecule has 1 N–H and O–H groups in total. The predicted octanol–water partition coefficient (Wildman–Crippen LogP) is 5.46. The van der Waals surface area contributed by atoms with Crippen molar-refractivity contribution in [2.45, 2.75) is 13.8 Å². The highest BCUT2D eigenvalue weighted by Gasteiger charge is 2.21. The molecule has 0 unspecified atom stereocenters. The molecule has 1 aromatic heterocycles. The van der Waals surface area contributed by atoms with E-state index in [1.165, 1.54) is 6.21 Å². The van der Waals surface area contributed by atoms with Gasteiger partial charge in [-0.3, -0.25) is 9.10 Å². The molecule has 196 valence electrons. The van der Waals surface area contributed by atoms with Crippen molar-refractivity contribution in [3.63, 3.8) is 0 Å². The number of rotatable bonds is 9. The third-order valence-electron chi connectivity index (χ3n) is 5.72. The van der Waals surface area contributed by atoms with Gasteiger partial charge in [0.1, 0.15) is 18.0 Å². The van der Waals surface area contributed by atoms with Crippen molar-refractivity contribution in [1.82, 2.24) is 9.99 Å². The maximum atomic E-state index is 12.6. The summed E-state index contributed by atoms with van der Waals surface area (Å²) in [6, 6.07) is 25.1. The first-order chi connectivity index (χ1) is 18.1. The van der Waals surface area contributed by atoms with Crippen LogP contribution >= 0.6 is 11.6 Å². The Morgan fingerprint density at radius 1 is 1.00 bits per heavy atom. The number of amides is 1. The molecule has 1 heterocycles. The van der Waals surface area contributed by atoms with Gasteiger partial charge in [-0.1, -0.05) is 35.9 Å². The third-order valence-corrected chi connectivity index (χ3v) is 7.10. The van der Waals surface area contributed by atoms with Crippen molar-refractivity contribution in [3.05, 3.63) is 107 Å². The van der Waals surface area contributed by atoms with Crippen molar-refractivity contribution in [1.29, 1.82) is 0 Å². The summed E-state index contributed by atoms with van der Waals surface area (Å²) in [4.78, 5) is 12.6. The van der Waals surface area contributed by atoms with E-state index >= 15 is 0 Å². The highest BCUT2D eigenvalue weighted by molar-refractivity contribution is 7.92. The molecule has 0 fully saturated rings. The molecule has 0 radical (unpaired) electrons. The van der Waals surface area contributed by atoms with Crippen LogP contribution in [-0.2, 0) is 14.8 Å². The van der Waals surface area contributed by atoms with Crippen LogP contribution in [0.2, 0.25) is 5.02 Å². The van der Waals surface area contributed by atoms with Crippen LogP contribution < -0.4 is 14.5 Å². The van der Waals surface area contributed by atoms with Gasteiger partial charge in [0, 0.05) is 27.7 Å². The van der Waals surface area contributed by atoms with E-state index in [1.807, 2.05) is 79.1 Å². The fourth-order valence-electron chi connectivity index (χ4n) is 3.98. The number of nitrogens with zero attached hydrogens (tertiary/aromatic N) is 3. The largest absolute Gasteiger partial charge is 0.457 e. The van der Waals surface area contributed by atoms with Crippen molar-refractivity contribution in [3.8, 4) is 17.2 Å². The second-order valence-electron chi connectivity index (χ2n) is 8.61. The summed E-state index contributed by atoms with van der Waals surface area (Å²) in [5, 5.41) is 4.68. The quantitative estimate of drug-likeness (QED) is 0.221. The lowest BCUT2D eigenvalue weighted by Crippen LogP contribution is -2.39. The highest BCUT2D eigenvalue weighted by atomic mass is 35.5. The Hall–Kier alpha value is -4.08. The summed E-state index contributed by atoms with van der Waals surface area (Å²) in [5.41, 5.74) is 6.36. The summed E-state index contributed by atoms with van der Waals surface area (Å²) in [6.07, 6.45) is 2.57. The number of carbonyl (C=O) groups excluding carboxylic acids is 1. The minimum absolute atomic E-state index is 0.331. The summed E-state index contributed by atoms with van der Waals surface area (Å²) in [5.74, 6) is 0.614. The molecule has 0 aliphatic rings. The number of para-hydroxylation sites is 1. The zero-order valence-electron chi connectivity index (χ0n) is 21.1. The van der Waals surface area contributed by atoms with Gasteiger partial charge in [-0.25, -0.2) is 13.8 Å². The van der Waals surface area contributed by atoms with Crippen molar-refractivity contribution < 1.29 is 17.9 Å². The maximum absolute atomic E-state index is 12.6. The summed E-state index contributed by atoms with van der Waals surface area (Å²) in [6.45, 7) is 3.47. The summed E-state index contributed by atoms with van der Waals surface area (Å²) >= 11 is 6.14. The molecular weight excluding hydrogens is 524 g/mol. The van der Waals surface area contributed by atoms with Crippen LogP contribution in [0.1, 0.15) is 17.0 Å². The van der Waals surface area contributed by atoms with E-state index in [0.717, 1.165) is 33.2 Å². The van der Waals surface area contributed by atoms with Crippen LogP contribution in [0.25, 0.3) is 5.69 Å². The molecule has 0 aliphatic heterocycles. The molecule has 4 aromatic rings. The number of halogens is 1. The molecule has 3 aromatic carbocycles. The molecule has 0 saturated carbocycles. The molecule has 8 nitrogen and oxygen atoms in total. The smallest absolute Gasteiger partial charge is 0.260 e. The number of anilines is 1. The molecule has 38 heavy (non-hydrogen) atoms. The van der Waals surface area contributed by atoms with Gasteiger partial charge in [0.25, 0.3) is 5.91 Å². The molecule has 0 spiro atoms. The Balaban J connectivity index is 1.43. The molecule has 4 rings (SSSR count). The average molecular weight is 551 g/mol. The molecule has 0 aliphatic carbocycles. The van der Waals surface area contributed by atoms with Gasteiger partial charge < -0.3 is 9.30 Å². The minimum atomic E-state index is -3.74. The Bertz CT molecular complexity index is 1570. The molecular formula is C28H27ClN4O4S. The average Bonchev–Trinajstić information content (AvgIpc) is 3.16. The molecule has 1 amide bonds. The van der Waals surface area contributed by atoms with Gasteiger partial charge >= 0.3 is 0 Å². The number of aromatic nitrogens is 1. The predicted molar refractivity (Wildman–Crippen MR) is 151 cm³/mol. The number of ether oxygens (including phenoxy) is 1. The Morgan fingerprint density at radius 2 is 1.68 bits per heavy atom. The Labute approximate surface area is 227 Å². The summed E-state index contributed by atoms with van der Waals surface area (Å²) in [7, 11) is -3.74. The fraction of sp³-hybridized carbons (Fsp3) is 0.143. The van der Waals surface area contributed by atoms with Gasteiger partial charge in [0.15, 0.2) is 0 Å². The number of hydrazone groups is 1. The SMILES string of the molecule is Cc1cc(/C=N\NC(=O)CN(c2ccc(Oc3ccccc3)cc2)S(C)(=O)=O)c(C)n1-c1cccc(Cl)c1. The highest BCUT2D eigenvalue weighted by Crippen LogP contribution is 2.26. The third kappa shape index (κ3) is 6.62. The van der Waals surface area contributed by atoms with Crippen LogP contribution in [0.5, 0.6) is 11.5 Å². The first-order valence-corrected chi connectivity index (χ1v) is 13.9. The topological polar surface area (TPSA) is 93.0 Å². The van der Waals surface area contributed by atoms with Gasteiger partial charge in [-0.05, 0) is 74.5 Å². The molecule has 0 saturated heterocycles. The fourth-order valence-corrected chi connectivity index (χ4v) is 5.02. The zero-order valence-corrected chi connectivity index (χ0v) is 22.7. The van der Waals surface area contributed by atoms with E-state index < -0.39 is 22.5 Å². The lowest BCUT2D eigenvalue weighted by atomic mass is 10.2. The second-order valence-corrected chi connectivity index (χ2v) is 11.0. The molecule has 0 atom stereocenters. The van der Waals surface area contributed by atoms with Crippen LogP contribution in [0, 0.1) is 13.8 Å². The Morgan fingerprint density at radius 3 is 2.34 bits per heavy atom. The van der Waals surface area contributed by atoms with Crippen LogP contribution in [0.4, 0.5) is 5.69 Å². The van der Waals surface area contributed by atoms with E-state index in [1.54, 1.807) is 24.3 Å². The van der Waals surface area contributed by atoms with E-state index in [9.17, 15) is 13.2 Å². The van der Waals surface area contributed by atoms with Gasteiger partial charge in [-0.2, -0.15) is 5.10 Å². The van der Waals surface area contributed by atoms with Crippen molar-refractivity contribution in [2.24, 2.45) is 5.10 Å². The minimum Gasteiger partial charge on any atom is -0.457 e. The van der Waals surface area contributed by atoms with Crippen LogP contribution in [0.15, 0.2) is 90.0 Å². The van der Waals surface area contributed by atoms with Gasteiger partial charge in [0.05, 0.1) is 18.2 Å². The van der Waals surface area contributed by atoms with Crippen LogP contribution in [-0.4, -0.2) is 37.9 Å². The number of benzene rings is 3. The number of sulfonamides is 1. The second kappa shape index (κ2) is 11.5. The maximum Gasteiger partial charge on any atom is 0.260 e. The number of carbonyl (C=O) groups is 1. The number of nitrogens with one attached hydrogen (secondary N) is 1. The van der Waals surface area contributed by atoms with E-state index in [2.05, 4.69) is 10.5 Å². The van der Waals surface area contributed by atoms with Gasteiger partial charge in [-0.15, -0.1) is 0 Å². The van der Waals surface area contributed by atoms with Crippen molar-refractivity contribution in [2.75, 3.05) is 17.1 Å². The lowest BCUT2D eigenvalue weighted by Gasteiger charge is -2.21. The van der Waals surface area contributed by atoms with E-state index in [-0.39, 0.29) is 0 Å². The normalized spacial score (nSPS) is 11.5. The van der Waals surface area contributed by atoms with Crippen LogP contribution in [0.3, 0.4) is 0 Å². The molecule has 0 bridgehead atoms. The first kappa shape index (κ1) is 27.0. The molecule has 10 heteroatoms. The summed E-state index contributed by atoms with van der Waals surface area (Å²) < 4.78 is 33.7.